The van der Waals surface area contributed by atoms with E-state index in [4.69, 9.17) is 11.6 Å². The average Bonchev–Trinajstić information content (AvgIpc) is 3.18. The number of halogens is 1. The van der Waals surface area contributed by atoms with Crippen LogP contribution in [-0.4, -0.2) is 42.3 Å². The highest BCUT2D eigenvalue weighted by Crippen LogP contribution is 2.29. The zero-order valence-electron chi connectivity index (χ0n) is 17.5. The van der Waals surface area contributed by atoms with Crippen LogP contribution in [-0.2, 0) is 14.4 Å². The third kappa shape index (κ3) is 4.59. The number of carbonyl (C=O) groups is 3. The van der Waals surface area contributed by atoms with Gasteiger partial charge in [-0.25, -0.2) is 0 Å². The normalized spacial score (nSPS) is 19.5. The molecule has 6 nitrogen and oxygen atoms in total. The number of rotatable bonds is 4. The molecule has 2 saturated heterocycles. The fourth-order valence-corrected chi connectivity index (χ4v) is 4.50. The van der Waals surface area contributed by atoms with Crippen molar-refractivity contribution < 1.29 is 14.4 Å². The number of para-hydroxylation sites is 1. The minimum atomic E-state index is -0.327. The predicted molar refractivity (Wildman–Crippen MR) is 121 cm³/mol. The van der Waals surface area contributed by atoms with Crippen molar-refractivity contribution in [3.63, 3.8) is 0 Å². The lowest BCUT2D eigenvalue weighted by atomic mass is 9.94. The topological polar surface area (TPSA) is 69.7 Å². The van der Waals surface area contributed by atoms with Crippen LogP contribution in [0.15, 0.2) is 48.5 Å². The van der Waals surface area contributed by atoms with Crippen LogP contribution in [0.5, 0.6) is 0 Å². The number of benzene rings is 2. The molecule has 0 aliphatic carbocycles. The van der Waals surface area contributed by atoms with Crippen LogP contribution in [0, 0.1) is 18.8 Å². The number of nitrogens with one attached hydrogen (secondary N) is 1. The van der Waals surface area contributed by atoms with Crippen LogP contribution in [0.25, 0.3) is 0 Å². The van der Waals surface area contributed by atoms with Crippen molar-refractivity contribution in [3.8, 4) is 0 Å². The summed E-state index contributed by atoms with van der Waals surface area (Å²) in [5.41, 5.74) is 2.40. The lowest BCUT2D eigenvalue weighted by molar-refractivity contribution is -0.138. The zero-order chi connectivity index (χ0) is 22.0. The Kier molecular flexibility index (Phi) is 6.28. The highest BCUT2D eigenvalue weighted by atomic mass is 35.5. The van der Waals surface area contributed by atoms with Gasteiger partial charge in [0, 0.05) is 48.4 Å². The van der Waals surface area contributed by atoms with Crippen molar-refractivity contribution in [3.05, 3.63) is 59.1 Å². The summed E-state index contributed by atoms with van der Waals surface area (Å²) >= 11 is 6.14. The molecule has 4 rings (SSSR count). The maximum absolute atomic E-state index is 13.0. The molecule has 31 heavy (non-hydrogen) atoms. The van der Waals surface area contributed by atoms with Gasteiger partial charge in [0.05, 0.1) is 5.92 Å². The molecule has 2 fully saturated rings. The van der Waals surface area contributed by atoms with Gasteiger partial charge in [0.1, 0.15) is 0 Å². The second kappa shape index (κ2) is 9.10. The lowest BCUT2D eigenvalue weighted by Gasteiger charge is -2.33. The number of amides is 3. The fourth-order valence-electron chi connectivity index (χ4n) is 4.33. The Labute approximate surface area is 187 Å². The summed E-state index contributed by atoms with van der Waals surface area (Å²) < 4.78 is 0. The highest BCUT2D eigenvalue weighted by Gasteiger charge is 2.38. The Hall–Kier alpha value is -2.86. The third-order valence-corrected chi connectivity index (χ3v) is 6.65. The number of carbonyl (C=O) groups excluding carboxylic acids is 3. The molecule has 0 bridgehead atoms. The second-order valence-corrected chi connectivity index (χ2v) is 8.65. The molecule has 162 valence electrons. The van der Waals surface area contributed by atoms with Crippen LogP contribution < -0.4 is 10.2 Å². The van der Waals surface area contributed by atoms with Gasteiger partial charge in [-0.3, -0.25) is 14.4 Å². The Morgan fingerprint density at radius 3 is 2.42 bits per heavy atom. The Morgan fingerprint density at radius 1 is 1.00 bits per heavy atom. The van der Waals surface area contributed by atoms with Crippen molar-refractivity contribution in [1.82, 2.24) is 4.90 Å². The maximum Gasteiger partial charge on any atom is 0.228 e. The monoisotopic (exact) mass is 439 g/mol. The number of hydrogen-bond acceptors (Lipinski definition) is 3. The quantitative estimate of drug-likeness (QED) is 0.785. The van der Waals surface area contributed by atoms with Crippen LogP contribution in [0.1, 0.15) is 24.8 Å². The molecule has 0 radical (unpaired) electrons. The molecule has 2 aromatic rings. The first-order valence-corrected chi connectivity index (χ1v) is 11.0. The van der Waals surface area contributed by atoms with Gasteiger partial charge in [-0.1, -0.05) is 35.9 Å². The van der Waals surface area contributed by atoms with E-state index in [0.717, 1.165) is 16.9 Å². The van der Waals surface area contributed by atoms with Gasteiger partial charge in [-0.05, 0) is 49.6 Å². The number of likely N-dealkylation sites (tertiary alicyclic amines) is 1. The van der Waals surface area contributed by atoms with Gasteiger partial charge in [0.25, 0.3) is 0 Å². The minimum Gasteiger partial charge on any atom is -0.342 e. The molecule has 1 atom stereocenters. The van der Waals surface area contributed by atoms with E-state index in [9.17, 15) is 14.4 Å². The first-order valence-electron chi connectivity index (χ1n) is 10.6. The summed E-state index contributed by atoms with van der Waals surface area (Å²) in [5.74, 6) is -0.517. The zero-order valence-corrected chi connectivity index (χ0v) is 18.3. The van der Waals surface area contributed by atoms with Crippen LogP contribution >= 0.6 is 11.6 Å². The van der Waals surface area contributed by atoms with Crippen LogP contribution in [0.4, 0.5) is 11.4 Å². The summed E-state index contributed by atoms with van der Waals surface area (Å²) in [6, 6.07) is 14.9. The highest BCUT2D eigenvalue weighted by molar-refractivity contribution is 6.31. The van der Waals surface area contributed by atoms with E-state index < -0.39 is 0 Å². The van der Waals surface area contributed by atoms with E-state index in [1.165, 1.54) is 0 Å². The van der Waals surface area contributed by atoms with Crippen LogP contribution in [0.3, 0.4) is 0 Å². The Morgan fingerprint density at radius 2 is 1.71 bits per heavy atom. The number of anilines is 2. The standard InChI is InChI=1S/C24H26ClN3O3/c1-16-20(25)8-5-9-21(16)26-23(30)17-10-12-27(13-11-17)24(31)18-14-22(29)28(15-18)19-6-3-2-4-7-19/h2-9,17-18H,10-15H2,1H3,(H,26,30). The van der Waals surface area contributed by atoms with Crippen molar-refractivity contribution in [2.24, 2.45) is 11.8 Å². The first-order chi connectivity index (χ1) is 14.9. The molecule has 1 N–H and O–H groups in total. The molecule has 2 aliphatic rings. The molecule has 2 aliphatic heterocycles. The lowest BCUT2D eigenvalue weighted by Crippen LogP contribution is -2.44. The molecule has 0 aromatic heterocycles. The average molecular weight is 440 g/mol. The molecule has 2 heterocycles. The maximum atomic E-state index is 13.0. The van der Waals surface area contributed by atoms with Gasteiger partial charge >= 0.3 is 0 Å². The van der Waals surface area contributed by atoms with Crippen LogP contribution in [0.2, 0.25) is 5.02 Å². The van der Waals surface area contributed by atoms with Crippen molar-refractivity contribution in [1.29, 1.82) is 0 Å². The van der Waals surface area contributed by atoms with E-state index in [0.29, 0.717) is 37.5 Å². The molecule has 2 aromatic carbocycles. The molecule has 3 amide bonds. The molecule has 7 heteroatoms. The summed E-state index contributed by atoms with van der Waals surface area (Å²) in [7, 11) is 0. The number of hydrogen-bond donors (Lipinski definition) is 1. The van der Waals surface area contributed by atoms with E-state index in [1.807, 2.05) is 49.4 Å². The van der Waals surface area contributed by atoms with Gasteiger partial charge in [0.2, 0.25) is 17.7 Å². The SMILES string of the molecule is Cc1c(Cl)cccc1NC(=O)C1CCN(C(=O)C2CC(=O)N(c3ccccc3)C2)CC1. The smallest absolute Gasteiger partial charge is 0.228 e. The summed E-state index contributed by atoms with van der Waals surface area (Å²) in [4.78, 5) is 41.6. The Balaban J connectivity index is 1.31. The van der Waals surface area contributed by atoms with E-state index in [-0.39, 0.29) is 36.0 Å². The summed E-state index contributed by atoms with van der Waals surface area (Å²) in [6.45, 7) is 3.35. The van der Waals surface area contributed by atoms with E-state index in [1.54, 1.807) is 15.9 Å². The molecule has 0 spiro atoms. The molecular weight excluding hydrogens is 414 g/mol. The summed E-state index contributed by atoms with van der Waals surface area (Å²) in [5, 5.41) is 3.59. The number of nitrogens with zero attached hydrogens (tertiary/aromatic N) is 2. The van der Waals surface area contributed by atoms with Gasteiger partial charge in [-0.15, -0.1) is 0 Å². The Bertz CT molecular complexity index is 987. The van der Waals surface area contributed by atoms with Gasteiger partial charge in [-0.2, -0.15) is 0 Å². The van der Waals surface area contributed by atoms with Gasteiger partial charge in [0.15, 0.2) is 0 Å². The second-order valence-electron chi connectivity index (χ2n) is 8.24. The predicted octanol–water partition coefficient (Wildman–Crippen LogP) is 3.88. The van der Waals surface area contributed by atoms with E-state index in [2.05, 4.69) is 5.32 Å². The summed E-state index contributed by atoms with van der Waals surface area (Å²) in [6.07, 6.45) is 1.46. The minimum absolute atomic E-state index is 0.0105. The fraction of sp³-hybridized carbons (Fsp3) is 0.375. The number of piperidine rings is 1. The van der Waals surface area contributed by atoms with E-state index >= 15 is 0 Å². The van der Waals surface area contributed by atoms with Crippen molar-refractivity contribution >= 4 is 40.7 Å². The van der Waals surface area contributed by atoms with Crippen molar-refractivity contribution in [2.75, 3.05) is 29.9 Å². The largest absolute Gasteiger partial charge is 0.342 e. The van der Waals surface area contributed by atoms with Gasteiger partial charge < -0.3 is 15.1 Å². The molecular formula is C24H26ClN3O3. The first kappa shape index (κ1) is 21.4. The molecule has 1 unspecified atom stereocenters. The molecule has 0 saturated carbocycles. The van der Waals surface area contributed by atoms with Crippen molar-refractivity contribution in [2.45, 2.75) is 26.2 Å². The third-order valence-electron chi connectivity index (χ3n) is 6.25.